The van der Waals surface area contributed by atoms with Crippen LogP contribution in [0.2, 0.25) is 0 Å². The van der Waals surface area contributed by atoms with Crippen molar-refractivity contribution in [2.45, 2.75) is 51.4 Å². The molecule has 0 aromatic heterocycles. The maximum Gasteiger partial charge on any atom is 0.119 e. The van der Waals surface area contributed by atoms with Crippen molar-refractivity contribution in [3.8, 4) is 5.75 Å². The predicted molar refractivity (Wildman–Crippen MR) is 72.7 cm³/mol. The van der Waals surface area contributed by atoms with Crippen molar-refractivity contribution in [2.75, 3.05) is 6.61 Å². The Morgan fingerprint density at radius 2 is 1.94 bits per heavy atom. The predicted octanol–water partition coefficient (Wildman–Crippen LogP) is 3.04. The van der Waals surface area contributed by atoms with Gasteiger partial charge in [-0.15, -0.1) is 0 Å². The summed E-state index contributed by atoms with van der Waals surface area (Å²) in [6.45, 7) is 4.89. The van der Waals surface area contributed by atoms with Gasteiger partial charge in [0, 0.05) is 6.61 Å². The Balaban J connectivity index is 1.99. The van der Waals surface area contributed by atoms with Gasteiger partial charge >= 0.3 is 0 Å². The monoisotopic (exact) mass is 249 g/mol. The van der Waals surface area contributed by atoms with Crippen LogP contribution in [0.25, 0.3) is 0 Å². The van der Waals surface area contributed by atoms with E-state index in [0.29, 0.717) is 0 Å². The molecule has 3 heteroatoms. The lowest BCUT2D eigenvalue weighted by Crippen LogP contribution is -2.31. The maximum atomic E-state index is 6.26. The molecule has 1 aromatic rings. The van der Waals surface area contributed by atoms with E-state index in [2.05, 4.69) is 0 Å². The highest BCUT2D eigenvalue weighted by atomic mass is 16.5. The van der Waals surface area contributed by atoms with Crippen LogP contribution in [-0.2, 0) is 4.74 Å². The van der Waals surface area contributed by atoms with E-state index >= 15 is 0 Å². The zero-order valence-electron chi connectivity index (χ0n) is 11.3. The molecule has 1 aliphatic rings. The molecule has 0 spiro atoms. The van der Waals surface area contributed by atoms with Crippen LogP contribution in [-0.4, -0.2) is 18.8 Å². The lowest BCUT2D eigenvalue weighted by atomic mass is 9.96. The Hall–Kier alpha value is -1.06. The van der Waals surface area contributed by atoms with Gasteiger partial charge in [-0.3, -0.25) is 0 Å². The second kappa shape index (κ2) is 6.21. The van der Waals surface area contributed by atoms with Crippen LogP contribution in [0.5, 0.6) is 5.75 Å². The van der Waals surface area contributed by atoms with Gasteiger partial charge in [-0.25, -0.2) is 0 Å². The average Bonchev–Trinajstić information content (AvgIpc) is 2.39. The molecule has 1 aromatic carbocycles. The Bertz CT molecular complexity index is 355. The van der Waals surface area contributed by atoms with Crippen molar-refractivity contribution in [2.24, 2.45) is 5.73 Å². The highest BCUT2D eigenvalue weighted by Gasteiger charge is 2.22. The van der Waals surface area contributed by atoms with E-state index in [-0.39, 0.29) is 18.2 Å². The van der Waals surface area contributed by atoms with Crippen molar-refractivity contribution < 1.29 is 9.47 Å². The summed E-state index contributed by atoms with van der Waals surface area (Å²) >= 11 is 0. The third-order valence-electron chi connectivity index (χ3n) is 3.25. The van der Waals surface area contributed by atoms with Gasteiger partial charge in [-0.05, 0) is 50.8 Å². The Morgan fingerprint density at radius 1 is 1.22 bits per heavy atom. The number of ether oxygens (including phenoxy) is 2. The van der Waals surface area contributed by atoms with E-state index in [0.717, 1.165) is 30.8 Å². The first-order chi connectivity index (χ1) is 8.66. The SMILES string of the molecule is CC(C)Oc1ccc(C(N)C2CCCCO2)cc1. The molecule has 18 heavy (non-hydrogen) atoms. The van der Waals surface area contributed by atoms with Crippen molar-refractivity contribution in [1.29, 1.82) is 0 Å². The number of rotatable bonds is 4. The molecular formula is C15H23NO2. The fourth-order valence-electron chi connectivity index (χ4n) is 2.30. The van der Waals surface area contributed by atoms with Crippen molar-refractivity contribution in [3.05, 3.63) is 29.8 Å². The fraction of sp³-hybridized carbons (Fsp3) is 0.600. The molecule has 1 heterocycles. The van der Waals surface area contributed by atoms with Gasteiger partial charge in [0.1, 0.15) is 5.75 Å². The first kappa shape index (κ1) is 13.4. The summed E-state index contributed by atoms with van der Waals surface area (Å²) in [5, 5.41) is 0. The minimum Gasteiger partial charge on any atom is -0.491 e. The van der Waals surface area contributed by atoms with Crippen molar-refractivity contribution in [1.82, 2.24) is 0 Å². The van der Waals surface area contributed by atoms with Gasteiger partial charge in [0.05, 0.1) is 18.2 Å². The van der Waals surface area contributed by atoms with Gasteiger partial charge < -0.3 is 15.2 Å². The van der Waals surface area contributed by atoms with Gasteiger partial charge in [-0.1, -0.05) is 12.1 Å². The second-order valence-corrected chi connectivity index (χ2v) is 5.17. The Kier molecular flexibility index (Phi) is 4.61. The highest BCUT2D eigenvalue weighted by Crippen LogP contribution is 2.26. The van der Waals surface area contributed by atoms with Crippen LogP contribution in [0.3, 0.4) is 0 Å². The standard InChI is InChI=1S/C15H23NO2/c1-11(2)18-13-8-6-12(7-9-13)15(16)14-5-3-4-10-17-14/h6-9,11,14-15H,3-5,10,16H2,1-2H3. The van der Waals surface area contributed by atoms with Gasteiger partial charge in [-0.2, -0.15) is 0 Å². The molecule has 0 saturated carbocycles. The molecule has 0 aliphatic carbocycles. The van der Waals surface area contributed by atoms with Crippen LogP contribution < -0.4 is 10.5 Å². The summed E-state index contributed by atoms with van der Waals surface area (Å²) in [6.07, 6.45) is 3.80. The van der Waals surface area contributed by atoms with E-state index < -0.39 is 0 Å². The van der Waals surface area contributed by atoms with E-state index in [4.69, 9.17) is 15.2 Å². The topological polar surface area (TPSA) is 44.5 Å². The van der Waals surface area contributed by atoms with Crippen LogP contribution in [0.4, 0.5) is 0 Å². The van der Waals surface area contributed by atoms with Crippen molar-refractivity contribution >= 4 is 0 Å². The summed E-state index contributed by atoms with van der Waals surface area (Å²) in [5.74, 6) is 0.894. The smallest absolute Gasteiger partial charge is 0.119 e. The van der Waals surface area contributed by atoms with Crippen LogP contribution in [0, 0.1) is 0 Å². The van der Waals surface area contributed by atoms with Gasteiger partial charge in [0.15, 0.2) is 0 Å². The molecule has 0 radical (unpaired) electrons. The molecule has 2 rings (SSSR count). The highest BCUT2D eigenvalue weighted by molar-refractivity contribution is 5.29. The number of nitrogens with two attached hydrogens (primary N) is 1. The zero-order chi connectivity index (χ0) is 13.0. The molecule has 2 unspecified atom stereocenters. The third-order valence-corrected chi connectivity index (χ3v) is 3.25. The van der Waals surface area contributed by atoms with Crippen molar-refractivity contribution in [3.63, 3.8) is 0 Å². The normalized spacial score (nSPS) is 21.9. The quantitative estimate of drug-likeness (QED) is 0.892. The summed E-state index contributed by atoms with van der Waals surface area (Å²) in [6, 6.07) is 8.02. The van der Waals surface area contributed by atoms with Gasteiger partial charge in [0.2, 0.25) is 0 Å². The van der Waals surface area contributed by atoms with Crippen LogP contribution >= 0.6 is 0 Å². The maximum absolute atomic E-state index is 6.26. The molecule has 1 saturated heterocycles. The Morgan fingerprint density at radius 3 is 2.50 bits per heavy atom. The lowest BCUT2D eigenvalue weighted by molar-refractivity contribution is -0.0000000303. The summed E-state index contributed by atoms with van der Waals surface area (Å²) in [7, 11) is 0. The fourth-order valence-corrected chi connectivity index (χ4v) is 2.30. The lowest BCUT2D eigenvalue weighted by Gasteiger charge is -2.28. The average molecular weight is 249 g/mol. The molecular weight excluding hydrogens is 226 g/mol. The van der Waals surface area contributed by atoms with Gasteiger partial charge in [0.25, 0.3) is 0 Å². The molecule has 3 nitrogen and oxygen atoms in total. The summed E-state index contributed by atoms with van der Waals surface area (Å²) in [4.78, 5) is 0. The van der Waals surface area contributed by atoms with E-state index in [1.54, 1.807) is 0 Å². The number of benzene rings is 1. The van der Waals surface area contributed by atoms with E-state index in [9.17, 15) is 0 Å². The third kappa shape index (κ3) is 3.47. The molecule has 2 atom stereocenters. The molecule has 1 fully saturated rings. The largest absolute Gasteiger partial charge is 0.491 e. The molecule has 2 N–H and O–H groups in total. The first-order valence-corrected chi connectivity index (χ1v) is 6.80. The van der Waals surface area contributed by atoms with E-state index in [1.165, 1.54) is 6.42 Å². The molecule has 0 amide bonds. The minimum atomic E-state index is -0.0293. The van der Waals surface area contributed by atoms with E-state index in [1.807, 2.05) is 38.1 Å². The zero-order valence-corrected chi connectivity index (χ0v) is 11.3. The first-order valence-electron chi connectivity index (χ1n) is 6.80. The number of hydrogen-bond donors (Lipinski definition) is 1. The minimum absolute atomic E-state index is 0.0293. The molecule has 1 aliphatic heterocycles. The second-order valence-electron chi connectivity index (χ2n) is 5.17. The number of hydrogen-bond acceptors (Lipinski definition) is 3. The molecule has 100 valence electrons. The van der Waals surface area contributed by atoms with Crippen LogP contribution in [0.15, 0.2) is 24.3 Å². The summed E-state index contributed by atoms with van der Waals surface area (Å²) < 4.78 is 11.4. The Labute approximate surface area is 109 Å². The summed E-state index contributed by atoms with van der Waals surface area (Å²) in [5.41, 5.74) is 7.38. The molecule has 0 bridgehead atoms. The van der Waals surface area contributed by atoms with Crippen LogP contribution in [0.1, 0.15) is 44.7 Å².